The average Bonchev–Trinajstić information content (AvgIpc) is 3.34. The van der Waals surface area contributed by atoms with Crippen LogP contribution in [0.3, 0.4) is 0 Å². The SMILES string of the molecule is CN1C=CC(NC(=O)Cc2cnn(C)c2)=c2cnc3c4c([nH]c(=O)c-4c21)=CCN3c1ccc(F)cc1. The highest BCUT2D eigenvalue weighted by atomic mass is 19.1. The number of hydrogen-bond acceptors (Lipinski definition) is 6. The summed E-state index contributed by atoms with van der Waals surface area (Å²) < 4.78 is 15.2. The van der Waals surface area contributed by atoms with E-state index in [-0.39, 0.29) is 23.7 Å². The van der Waals surface area contributed by atoms with Crippen molar-refractivity contribution in [2.24, 2.45) is 7.05 Å². The molecule has 4 aliphatic rings. The van der Waals surface area contributed by atoms with Gasteiger partial charge in [-0.25, -0.2) is 9.37 Å². The fourth-order valence-corrected chi connectivity index (χ4v) is 4.78. The van der Waals surface area contributed by atoms with E-state index in [2.05, 4.69) is 15.4 Å². The molecule has 9 nitrogen and oxygen atoms in total. The molecular weight excluding hydrogens is 461 g/mol. The number of halogens is 1. The number of amides is 1. The summed E-state index contributed by atoms with van der Waals surface area (Å²) in [5, 5.41) is 8.40. The van der Waals surface area contributed by atoms with Crippen molar-refractivity contribution >= 4 is 34.9 Å². The van der Waals surface area contributed by atoms with Crippen molar-refractivity contribution < 1.29 is 9.18 Å². The second-order valence-corrected chi connectivity index (χ2v) is 8.84. The van der Waals surface area contributed by atoms with Crippen LogP contribution in [0.1, 0.15) is 5.56 Å². The molecule has 0 radical (unpaired) electrons. The number of fused-ring (bicyclic) bond motifs is 2. The Bertz CT molecular complexity index is 1700. The molecule has 1 aromatic heterocycles. The van der Waals surface area contributed by atoms with Crippen LogP contribution in [0.15, 0.2) is 59.9 Å². The maximum atomic E-state index is 13.6. The van der Waals surface area contributed by atoms with E-state index >= 15 is 0 Å². The molecule has 36 heavy (non-hydrogen) atoms. The van der Waals surface area contributed by atoms with Gasteiger partial charge in [-0.2, -0.15) is 5.10 Å². The molecule has 4 aliphatic heterocycles. The highest BCUT2D eigenvalue weighted by molar-refractivity contribution is 5.94. The van der Waals surface area contributed by atoms with Crippen LogP contribution in [0.5, 0.6) is 0 Å². The summed E-state index contributed by atoms with van der Waals surface area (Å²) in [7, 11) is 3.65. The van der Waals surface area contributed by atoms with Crippen LogP contribution in [-0.2, 0) is 18.3 Å². The number of H-pyrrole nitrogens is 1. The van der Waals surface area contributed by atoms with Gasteiger partial charge in [0.1, 0.15) is 11.6 Å². The quantitative estimate of drug-likeness (QED) is 0.451. The molecule has 0 fully saturated rings. The summed E-state index contributed by atoms with van der Waals surface area (Å²) in [6, 6.07) is 6.16. The minimum absolute atomic E-state index is 0.164. The second-order valence-electron chi connectivity index (χ2n) is 8.84. The molecule has 0 bridgehead atoms. The maximum absolute atomic E-state index is 13.6. The molecule has 1 amide bonds. The number of aromatic nitrogens is 4. The predicted octanol–water partition coefficient (Wildman–Crippen LogP) is 1.11. The van der Waals surface area contributed by atoms with Gasteiger partial charge >= 0.3 is 0 Å². The van der Waals surface area contributed by atoms with Gasteiger partial charge in [-0.15, -0.1) is 0 Å². The van der Waals surface area contributed by atoms with Crippen LogP contribution in [0.25, 0.3) is 22.9 Å². The lowest BCUT2D eigenvalue weighted by Crippen LogP contribution is -2.33. The van der Waals surface area contributed by atoms with Gasteiger partial charge in [0, 0.05) is 50.1 Å². The Morgan fingerprint density at radius 3 is 2.72 bits per heavy atom. The number of nitrogens with one attached hydrogen (secondary N) is 2. The third-order valence-electron chi connectivity index (χ3n) is 6.40. The van der Waals surface area contributed by atoms with E-state index in [4.69, 9.17) is 4.98 Å². The number of carbonyl (C=O) groups is 1. The first kappa shape index (κ1) is 21.8. The van der Waals surface area contributed by atoms with Crippen LogP contribution < -0.4 is 31.2 Å². The van der Waals surface area contributed by atoms with Crippen molar-refractivity contribution in [3.63, 3.8) is 0 Å². The van der Waals surface area contributed by atoms with E-state index in [0.717, 1.165) is 11.3 Å². The first-order chi connectivity index (χ1) is 17.4. The van der Waals surface area contributed by atoms with Crippen molar-refractivity contribution in [1.82, 2.24) is 25.1 Å². The van der Waals surface area contributed by atoms with E-state index in [9.17, 15) is 14.0 Å². The molecule has 6 rings (SSSR count). The first-order valence-electron chi connectivity index (χ1n) is 11.4. The Morgan fingerprint density at radius 2 is 1.97 bits per heavy atom. The fourth-order valence-electron chi connectivity index (χ4n) is 4.78. The largest absolute Gasteiger partial charge is 0.350 e. The number of benzene rings is 1. The van der Waals surface area contributed by atoms with E-state index in [1.807, 2.05) is 22.9 Å². The minimum Gasteiger partial charge on any atom is -0.350 e. The van der Waals surface area contributed by atoms with Crippen LogP contribution in [0, 0.1) is 5.82 Å². The van der Waals surface area contributed by atoms with E-state index in [0.29, 0.717) is 45.4 Å². The van der Waals surface area contributed by atoms with Gasteiger partial charge in [-0.05, 0) is 42.0 Å². The van der Waals surface area contributed by atoms with Crippen molar-refractivity contribution in [2.75, 3.05) is 23.4 Å². The normalized spacial score (nSPS) is 14.1. The smallest absolute Gasteiger partial charge is 0.258 e. The molecule has 1 aromatic carbocycles. The first-order valence-corrected chi connectivity index (χ1v) is 11.4. The number of nitrogens with zero attached hydrogens (tertiary/aromatic N) is 5. The lowest BCUT2D eigenvalue weighted by atomic mass is 10.0. The van der Waals surface area contributed by atoms with Crippen molar-refractivity contribution in [1.29, 1.82) is 0 Å². The summed E-state index contributed by atoms with van der Waals surface area (Å²) in [5.41, 5.74) is 3.65. The molecule has 0 aliphatic carbocycles. The Labute approximate surface area is 204 Å². The molecule has 180 valence electrons. The summed E-state index contributed by atoms with van der Waals surface area (Å²) in [6.45, 7) is 0.460. The van der Waals surface area contributed by atoms with Gasteiger partial charge in [-0.3, -0.25) is 14.3 Å². The van der Waals surface area contributed by atoms with Crippen LogP contribution in [0.4, 0.5) is 21.6 Å². The van der Waals surface area contributed by atoms with Gasteiger partial charge in [0.2, 0.25) is 5.91 Å². The zero-order chi connectivity index (χ0) is 25.0. The minimum atomic E-state index is -0.329. The van der Waals surface area contributed by atoms with Gasteiger partial charge in [0.15, 0.2) is 0 Å². The Kier molecular flexibility index (Phi) is 4.96. The van der Waals surface area contributed by atoms with Gasteiger partial charge < -0.3 is 20.1 Å². The molecule has 10 heteroatoms. The highest BCUT2D eigenvalue weighted by Gasteiger charge is 2.29. The van der Waals surface area contributed by atoms with Crippen molar-refractivity contribution in [3.05, 3.63) is 87.4 Å². The third-order valence-corrected chi connectivity index (χ3v) is 6.40. The van der Waals surface area contributed by atoms with E-state index in [1.54, 1.807) is 54.7 Å². The van der Waals surface area contributed by atoms with Crippen LogP contribution >= 0.6 is 0 Å². The van der Waals surface area contributed by atoms with Crippen molar-refractivity contribution in [2.45, 2.75) is 6.42 Å². The molecular formula is C26H22FN7O2. The molecule has 5 heterocycles. The van der Waals surface area contributed by atoms with Crippen molar-refractivity contribution in [3.8, 4) is 11.1 Å². The molecule has 0 spiro atoms. The number of hydrogen-bond donors (Lipinski definition) is 2. The lowest BCUT2D eigenvalue weighted by Gasteiger charge is -2.26. The number of aromatic amines is 1. The number of carbonyl (C=O) groups excluding carboxylic acids is 1. The zero-order valence-corrected chi connectivity index (χ0v) is 19.6. The zero-order valence-electron chi connectivity index (χ0n) is 19.6. The Morgan fingerprint density at radius 1 is 1.17 bits per heavy atom. The Hall–Kier alpha value is -4.73. The molecule has 0 saturated carbocycles. The third kappa shape index (κ3) is 3.54. The van der Waals surface area contributed by atoms with Gasteiger partial charge in [0.25, 0.3) is 5.56 Å². The van der Waals surface area contributed by atoms with Gasteiger partial charge in [0.05, 0.1) is 40.5 Å². The number of anilines is 3. The molecule has 2 aromatic rings. The molecule has 2 N–H and O–H groups in total. The summed E-state index contributed by atoms with van der Waals surface area (Å²) in [6.07, 6.45) is 10.8. The monoisotopic (exact) mass is 483 g/mol. The summed E-state index contributed by atoms with van der Waals surface area (Å²) in [5.74, 6) is 0.0465. The molecule has 0 unspecified atom stereocenters. The van der Waals surface area contributed by atoms with E-state index < -0.39 is 0 Å². The highest BCUT2D eigenvalue weighted by Crippen LogP contribution is 2.36. The maximum Gasteiger partial charge on any atom is 0.258 e. The van der Waals surface area contributed by atoms with Crippen LogP contribution in [-0.4, -0.2) is 39.2 Å². The predicted molar refractivity (Wildman–Crippen MR) is 135 cm³/mol. The summed E-state index contributed by atoms with van der Waals surface area (Å²) >= 11 is 0. The topological polar surface area (TPSA) is 99.1 Å². The molecule has 0 atom stereocenters. The second kappa shape index (κ2) is 8.19. The fraction of sp³-hybridized carbons (Fsp3) is 0.154. The average molecular weight is 484 g/mol. The standard InChI is InChI=1S/C26H22FN7O2/c1-32-9-7-19(30-21(35)11-15-12-29-33(2)14-15)18-13-28-25-22-20(31-26(36)23(22)24(18)32)8-10-34(25)17-5-3-16(27)4-6-17/h3-9,12-14H,10-11H2,1-2H3,(H,30,35)(H,31,36). The van der Waals surface area contributed by atoms with Gasteiger partial charge in [-0.1, -0.05) is 0 Å². The summed E-state index contributed by atoms with van der Waals surface area (Å²) in [4.78, 5) is 37.6. The Balaban J connectivity index is 1.51. The molecule has 0 saturated heterocycles. The number of aryl methyl sites for hydroxylation is 1. The van der Waals surface area contributed by atoms with E-state index in [1.165, 1.54) is 12.1 Å². The number of rotatable bonds is 4. The van der Waals surface area contributed by atoms with Crippen LogP contribution in [0.2, 0.25) is 0 Å². The lowest BCUT2D eigenvalue weighted by molar-refractivity contribution is -0.119.